The molecular weight excluding hydrogens is 277 g/mol. The second-order valence-corrected chi connectivity index (χ2v) is 6.28. The van der Waals surface area contributed by atoms with Gasteiger partial charge in [0.1, 0.15) is 0 Å². The zero-order valence-corrected chi connectivity index (χ0v) is 12.9. The van der Waals surface area contributed by atoms with Crippen molar-refractivity contribution in [2.45, 2.75) is 50.9 Å². The molecule has 1 heterocycles. The molecule has 1 aliphatic carbocycles. The van der Waals surface area contributed by atoms with Crippen LogP contribution in [0.3, 0.4) is 0 Å². The quantitative estimate of drug-likeness (QED) is 0.731. The Hall–Kier alpha value is -0.240. The lowest BCUT2D eigenvalue weighted by Gasteiger charge is -2.22. The Balaban J connectivity index is 0.000000224. The number of halogens is 2. The molecule has 0 amide bonds. The van der Waals surface area contributed by atoms with Crippen LogP contribution >= 0.6 is 23.2 Å². The minimum atomic E-state index is 0.659. The topological polar surface area (TPSA) is 12.0 Å². The Morgan fingerprint density at radius 1 is 0.842 bits per heavy atom. The van der Waals surface area contributed by atoms with Crippen LogP contribution in [0.25, 0.3) is 0 Å². The molecule has 1 aliphatic heterocycles. The van der Waals surface area contributed by atoms with Crippen LogP contribution in [0.5, 0.6) is 0 Å². The summed E-state index contributed by atoms with van der Waals surface area (Å²) in [5.74, 6) is 0.707. The molecule has 3 rings (SSSR count). The molecule has 1 nitrogen and oxygen atoms in total. The Morgan fingerprint density at radius 2 is 1.53 bits per heavy atom. The largest absolute Gasteiger partial charge is 0.317 e. The van der Waals surface area contributed by atoms with Gasteiger partial charge in [-0.05, 0) is 62.4 Å². The molecule has 1 aromatic carbocycles. The Kier molecular flexibility index (Phi) is 6.49. The van der Waals surface area contributed by atoms with Crippen LogP contribution in [-0.2, 0) is 0 Å². The Labute approximate surface area is 126 Å². The van der Waals surface area contributed by atoms with Crippen molar-refractivity contribution in [2.75, 3.05) is 13.1 Å². The van der Waals surface area contributed by atoms with Crippen molar-refractivity contribution in [1.82, 2.24) is 5.32 Å². The standard InChI is InChI=1S/C12H14Cl2.C4H9N/c13-11-7-6-10(8-12(11)14)9-4-2-1-3-5-9;1-2-4-5-3-1/h6-9H,1-5H2;5H,1-4H2. The number of benzene rings is 1. The van der Waals surface area contributed by atoms with Crippen molar-refractivity contribution in [1.29, 1.82) is 0 Å². The van der Waals surface area contributed by atoms with Crippen LogP contribution in [-0.4, -0.2) is 13.1 Å². The molecule has 0 unspecified atom stereocenters. The number of rotatable bonds is 1. The van der Waals surface area contributed by atoms with Crippen molar-refractivity contribution < 1.29 is 0 Å². The van der Waals surface area contributed by atoms with Crippen molar-refractivity contribution in [3.63, 3.8) is 0 Å². The van der Waals surface area contributed by atoms with Crippen LogP contribution in [0.15, 0.2) is 18.2 Å². The van der Waals surface area contributed by atoms with E-state index in [0.29, 0.717) is 16.0 Å². The van der Waals surface area contributed by atoms with E-state index in [4.69, 9.17) is 23.2 Å². The molecule has 1 aromatic rings. The first-order chi connectivity index (χ1) is 9.27. The molecule has 0 bridgehead atoms. The zero-order chi connectivity index (χ0) is 13.5. The highest BCUT2D eigenvalue weighted by molar-refractivity contribution is 6.42. The van der Waals surface area contributed by atoms with Crippen molar-refractivity contribution in [3.05, 3.63) is 33.8 Å². The summed E-state index contributed by atoms with van der Waals surface area (Å²) in [6.07, 6.45) is 9.48. The summed E-state index contributed by atoms with van der Waals surface area (Å²) in [5.41, 5.74) is 1.36. The first-order valence-corrected chi connectivity index (χ1v) is 8.18. The molecule has 0 radical (unpaired) electrons. The lowest BCUT2D eigenvalue weighted by molar-refractivity contribution is 0.443. The molecule has 2 aliphatic rings. The highest BCUT2D eigenvalue weighted by atomic mass is 35.5. The van der Waals surface area contributed by atoms with E-state index in [1.807, 2.05) is 12.1 Å². The number of hydrogen-bond donors (Lipinski definition) is 1. The predicted molar refractivity (Wildman–Crippen MR) is 84.4 cm³/mol. The average molecular weight is 300 g/mol. The molecule has 0 spiro atoms. The van der Waals surface area contributed by atoms with Crippen molar-refractivity contribution in [3.8, 4) is 0 Å². The molecule has 106 valence electrons. The van der Waals surface area contributed by atoms with E-state index in [0.717, 1.165) is 0 Å². The van der Waals surface area contributed by atoms with Gasteiger partial charge in [0.05, 0.1) is 10.0 Å². The number of nitrogens with one attached hydrogen (secondary N) is 1. The first-order valence-electron chi connectivity index (χ1n) is 7.43. The summed E-state index contributed by atoms with van der Waals surface area (Å²) in [6, 6.07) is 6.05. The van der Waals surface area contributed by atoms with E-state index in [1.54, 1.807) is 0 Å². The second kappa shape index (κ2) is 8.14. The van der Waals surface area contributed by atoms with Gasteiger partial charge < -0.3 is 5.32 Å². The molecule has 1 saturated heterocycles. The van der Waals surface area contributed by atoms with Crippen molar-refractivity contribution in [2.24, 2.45) is 0 Å². The van der Waals surface area contributed by atoms with Crippen LogP contribution in [0.4, 0.5) is 0 Å². The molecule has 1 saturated carbocycles. The average Bonchev–Trinajstić information content (AvgIpc) is 3.02. The van der Waals surface area contributed by atoms with Gasteiger partial charge in [-0.1, -0.05) is 48.5 Å². The van der Waals surface area contributed by atoms with Gasteiger partial charge in [0.15, 0.2) is 0 Å². The van der Waals surface area contributed by atoms with Gasteiger partial charge in [0.2, 0.25) is 0 Å². The highest BCUT2D eigenvalue weighted by Gasteiger charge is 2.15. The lowest BCUT2D eigenvalue weighted by atomic mass is 9.84. The molecule has 0 aromatic heterocycles. The maximum absolute atomic E-state index is 6.00. The van der Waals surface area contributed by atoms with Crippen molar-refractivity contribution >= 4 is 23.2 Å². The van der Waals surface area contributed by atoms with Gasteiger partial charge in [0, 0.05) is 0 Å². The van der Waals surface area contributed by atoms with E-state index in [2.05, 4.69) is 11.4 Å². The van der Waals surface area contributed by atoms with Gasteiger partial charge in [0.25, 0.3) is 0 Å². The fraction of sp³-hybridized carbons (Fsp3) is 0.625. The van der Waals surface area contributed by atoms with Gasteiger partial charge in [-0.3, -0.25) is 0 Å². The molecule has 1 N–H and O–H groups in total. The SMILES string of the molecule is C1CCNC1.Clc1ccc(C2CCCCC2)cc1Cl. The Bertz CT molecular complexity index is 375. The maximum Gasteiger partial charge on any atom is 0.0595 e. The summed E-state index contributed by atoms with van der Waals surface area (Å²) >= 11 is 11.9. The minimum absolute atomic E-state index is 0.659. The highest BCUT2D eigenvalue weighted by Crippen LogP contribution is 2.35. The fourth-order valence-electron chi connectivity index (χ4n) is 2.83. The van der Waals surface area contributed by atoms with Crippen LogP contribution < -0.4 is 5.32 Å². The normalized spacial score (nSPS) is 19.9. The molecular formula is C16H23Cl2N. The van der Waals surface area contributed by atoms with Crippen LogP contribution in [0, 0.1) is 0 Å². The zero-order valence-electron chi connectivity index (χ0n) is 11.4. The molecule has 2 fully saturated rings. The maximum atomic E-state index is 6.00. The van der Waals surface area contributed by atoms with Gasteiger partial charge in [-0.2, -0.15) is 0 Å². The third kappa shape index (κ3) is 4.98. The summed E-state index contributed by atoms with van der Waals surface area (Å²) in [5, 5.41) is 4.57. The first kappa shape index (κ1) is 15.2. The van der Waals surface area contributed by atoms with E-state index in [9.17, 15) is 0 Å². The Morgan fingerprint density at radius 3 is 2.05 bits per heavy atom. The second-order valence-electron chi connectivity index (χ2n) is 5.47. The minimum Gasteiger partial charge on any atom is -0.317 e. The predicted octanol–water partition coefficient (Wildman–Crippen LogP) is 5.41. The van der Waals surface area contributed by atoms with E-state index < -0.39 is 0 Å². The summed E-state index contributed by atoms with van der Waals surface area (Å²) < 4.78 is 0. The monoisotopic (exact) mass is 299 g/mol. The molecule has 0 atom stereocenters. The fourth-order valence-corrected chi connectivity index (χ4v) is 3.13. The van der Waals surface area contributed by atoms with Crippen LogP contribution in [0.2, 0.25) is 10.0 Å². The summed E-state index contributed by atoms with van der Waals surface area (Å²) in [6.45, 7) is 2.50. The number of hydrogen-bond acceptors (Lipinski definition) is 1. The summed E-state index contributed by atoms with van der Waals surface area (Å²) in [7, 11) is 0. The third-order valence-electron chi connectivity index (χ3n) is 3.98. The van der Waals surface area contributed by atoms with E-state index in [1.165, 1.54) is 63.6 Å². The van der Waals surface area contributed by atoms with Crippen LogP contribution in [0.1, 0.15) is 56.4 Å². The van der Waals surface area contributed by atoms with E-state index in [-0.39, 0.29) is 0 Å². The van der Waals surface area contributed by atoms with Gasteiger partial charge in [-0.25, -0.2) is 0 Å². The molecule has 3 heteroatoms. The smallest absolute Gasteiger partial charge is 0.0595 e. The molecule has 19 heavy (non-hydrogen) atoms. The van der Waals surface area contributed by atoms with E-state index >= 15 is 0 Å². The summed E-state index contributed by atoms with van der Waals surface area (Å²) in [4.78, 5) is 0. The van der Waals surface area contributed by atoms with Gasteiger partial charge in [-0.15, -0.1) is 0 Å². The lowest BCUT2D eigenvalue weighted by Crippen LogP contribution is -2.04. The third-order valence-corrected chi connectivity index (χ3v) is 4.72. The van der Waals surface area contributed by atoms with Gasteiger partial charge >= 0.3 is 0 Å².